The van der Waals surface area contributed by atoms with E-state index in [0.717, 1.165) is 44.2 Å². The molecule has 0 fully saturated rings. The first-order valence-corrected chi connectivity index (χ1v) is 12.9. The number of esters is 2. The lowest BCUT2D eigenvalue weighted by molar-refractivity contribution is -0.221. The van der Waals surface area contributed by atoms with Gasteiger partial charge in [0.15, 0.2) is 9.84 Å². The van der Waals surface area contributed by atoms with Crippen molar-refractivity contribution in [1.29, 1.82) is 0 Å². The number of ether oxygens (including phenoxy) is 1. The van der Waals surface area contributed by atoms with E-state index < -0.39 is 34.1 Å². The van der Waals surface area contributed by atoms with Crippen LogP contribution in [0.2, 0.25) is 5.02 Å². The van der Waals surface area contributed by atoms with Crippen LogP contribution >= 0.6 is 11.6 Å². The average molecular weight is 595 g/mol. The second-order valence-corrected chi connectivity index (χ2v) is 10.7. The zero-order chi connectivity index (χ0) is 29.5. The summed E-state index contributed by atoms with van der Waals surface area (Å²) in [7, 11) is -3.28. The van der Waals surface area contributed by atoms with Crippen LogP contribution < -0.4 is 0 Å². The van der Waals surface area contributed by atoms with Gasteiger partial charge in [-0.25, -0.2) is 18.0 Å². The van der Waals surface area contributed by atoms with Gasteiger partial charge in [0, 0.05) is 45.0 Å². The summed E-state index contributed by atoms with van der Waals surface area (Å²) in [4.78, 5) is 27.4. The highest BCUT2D eigenvalue weighted by molar-refractivity contribution is 7.90. The zero-order valence-electron chi connectivity index (χ0n) is 20.1. The van der Waals surface area contributed by atoms with E-state index in [-0.39, 0.29) is 0 Å². The largest absolute Gasteiger partial charge is 0.491 e. The second kappa shape index (κ2) is 10.5. The minimum atomic E-state index is -5.62. The summed E-state index contributed by atoms with van der Waals surface area (Å²) in [5.74, 6) is -6.40. The molecule has 0 bridgehead atoms. The lowest BCUT2D eigenvalue weighted by Gasteiger charge is -2.08. The zero-order valence-corrected chi connectivity index (χ0v) is 21.7. The average Bonchev–Trinajstić information content (AvgIpc) is 3.10. The Morgan fingerprint density at radius 2 is 1.51 bits per heavy atom. The Morgan fingerprint density at radius 3 is 2.05 bits per heavy atom. The van der Waals surface area contributed by atoms with Crippen LogP contribution in [0.25, 0.3) is 32.9 Å². The van der Waals surface area contributed by atoms with Gasteiger partial charge in [-0.15, -0.1) is 0 Å². The lowest BCUT2D eigenvalue weighted by atomic mass is 9.98. The van der Waals surface area contributed by atoms with Crippen molar-refractivity contribution in [3.05, 3.63) is 58.9 Å². The number of sulfone groups is 1. The van der Waals surface area contributed by atoms with Gasteiger partial charge < -0.3 is 9.72 Å². The maximum Gasteiger partial charge on any atom is 0.491 e. The number of aromatic amines is 1. The standard InChI is InChI=1S/C20H17ClN2O2S.C4F6O3/c1-11-8-16-18(10-19(11)26(3,24)25)23-12(2)20(16)15-6-7-22-17-9-13(21)4-5-14(15)17;5-3(6,7)1(11)13-2(12)4(8,9)10/h4-10,23H,1-3H3;. The number of carbonyl (C=O) groups excluding carboxylic acids is 2. The first-order chi connectivity index (χ1) is 17.8. The number of rotatable bonds is 2. The third-order valence-electron chi connectivity index (χ3n) is 5.30. The fourth-order valence-electron chi connectivity index (χ4n) is 3.75. The summed E-state index contributed by atoms with van der Waals surface area (Å²) in [6, 6.07) is 11.3. The monoisotopic (exact) mass is 594 g/mol. The summed E-state index contributed by atoms with van der Waals surface area (Å²) in [6.07, 6.45) is -8.25. The number of nitrogens with one attached hydrogen (secondary N) is 1. The van der Waals surface area contributed by atoms with Crippen molar-refractivity contribution in [2.75, 3.05) is 6.26 Å². The molecule has 4 aromatic rings. The van der Waals surface area contributed by atoms with Gasteiger partial charge >= 0.3 is 24.3 Å². The molecule has 0 amide bonds. The number of fused-ring (bicyclic) bond motifs is 2. The normalized spacial score (nSPS) is 12.3. The van der Waals surface area contributed by atoms with Crippen molar-refractivity contribution in [3.63, 3.8) is 0 Å². The van der Waals surface area contributed by atoms with Crippen molar-refractivity contribution >= 4 is 55.2 Å². The van der Waals surface area contributed by atoms with E-state index in [4.69, 9.17) is 11.6 Å². The molecule has 39 heavy (non-hydrogen) atoms. The molecule has 7 nitrogen and oxygen atoms in total. The summed E-state index contributed by atoms with van der Waals surface area (Å²) in [5, 5.41) is 2.65. The Balaban J connectivity index is 0.000000276. The van der Waals surface area contributed by atoms with Crippen LogP contribution in [0.4, 0.5) is 26.3 Å². The first-order valence-electron chi connectivity index (χ1n) is 10.6. The van der Waals surface area contributed by atoms with Crippen LogP contribution in [0.15, 0.2) is 47.5 Å². The summed E-state index contributed by atoms with van der Waals surface area (Å²) >= 11 is 6.10. The van der Waals surface area contributed by atoms with Gasteiger partial charge in [-0.05, 0) is 55.3 Å². The predicted molar refractivity (Wildman–Crippen MR) is 130 cm³/mol. The number of H-pyrrole nitrogens is 1. The SMILES string of the molecule is Cc1cc2c(-c3ccnc4cc(Cl)ccc34)c(C)[nH]c2cc1S(C)(=O)=O.O=C(OC(=O)C(F)(F)F)C(F)(F)F. The Morgan fingerprint density at radius 1 is 0.923 bits per heavy atom. The number of nitrogens with zero attached hydrogens (tertiary/aromatic N) is 1. The molecule has 0 aliphatic rings. The molecule has 0 atom stereocenters. The number of halogens is 7. The van der Waals surface area contributed by atoms with Gasteiger partial charge in [0.05, 0.1) is 10.4 Å². The third kappa shape index (κ3) is 6.68. The molecule has 4 rings (SSSR count). The molecular formula is C24H17ClF6N2O5S. The molecule has 0 spiro atoms. The number of aromatic nitrogens is 2. The topological polar surface area (TPSA) is 106 Å². The molecule has 2 aromatic heterocycles. The number of aryl methyl sites for hydroxylation is 2. The maximum absolute atomic E-state index is 12.0. The number of hydrogen-bond acceptors (Lipinski definition) is 6. The minimum absolute atomic E-state index is 0.351. The Kier molecular flexibility index (Phi) is 8.04. The number of carbonyl (C=O) groups is 2. The van der Waals surface area contributed by atoms with Gasteiger partial charge in [-0.3, -0.25) is 4.98 Å². The van der Waals surface area contributed by atoms with Crippen LogP contribution in [0, 0.1) is 13.8 Å². The molecule has 0 saturated carbocycles. The fraction of sp³-hybridized carbons (Fsp3) is 0.208. The molecule has 1 N–H and O–H groups in total. The van der Waals surface area contributed by atoms with E-state index >= 15 is 0 Å². The van der Waals surface area contributed by atoms with Crippen LogP contribution in [-0.4, -0.2) is 48.9 Å². The van der Waals surface area contributed by atoms with Crippen LogP contribution in [-0.2, 0) is 24.2 Å². The van der Waals surface area contributed by atoms with Crippen LogP contribution in [0.5, 0.6) is 0 Å². The van der Waals surface area contributed by atoms with Gasteiger partial charge in [-0.1, -0.05) is 17.7 Å². The molecule has 0 saturated heterocycles. The second-order valence-electron chi connectivity index (χ2n) is 8.25. The van der Waals surface area contributed by atoms with Crippen LogP contribution in [0.1, 0.15) is 11.3 Å². The van der Waals surface area contributed by atoms with Crippen molar-refractivity contribution in [3.8, 4) is 11.1 Å². The van der Waals surface area contributed by atoms with Crippen LogP contribution in [0.3, 0.4) is 0 Å². The van der Waals surface area contributed by atoms with E-state index in [1.54, 1.807) is 12.3 Å². The molecule has 0 unspecified atom stereocenters. The Labute approximate surface area is 221 Å². The smallest absolute Gasteiger partial charge is 0.380 e. The highest BCUT2D eigenvalue weighted by atomic mass is 35.5. The van der Waals surface area contributed by atoms with E-state index in [9.17, 15) is 44.3 Å². The van der Waals surface area contributed by atoms with Gasteiger partial charge in [0.25, 0.3) is 0 Å². The molecule has 15 heteroatoms. The maximum atomic E-state index is 12.0. The Bertz CT molecular complexity index is 1690. The third-order valence-corrected chi connectivity index (χ3v) is 6.78. The highest BCUT2D eigenvalue weighted by Crippen LogP contribution is 2.38. The Hall–Kier alpha value is -3.65. The summed E-state index contributed by atoms with van der Waals surface area (Å²) in [5.41, 5.74) is 5.45. The summed E-state index contributed by atoms with van der Waals surface area (Å²) in [6.45, 7) is 3.82. The predicted octanol–water partition coefficient (Wildman–Crippen LogP) is 6.24. The molecule has 2 aromatic carbocycles. The van der Waals surface area contributed by atoms with E-state index in [0.29, 0.717) is 9.92 Å². The minimum Gasteiger partial charge on any atom is -0.380 e. The molecule has 0 aliphatic carbocycles. The number of alkyl halides is 6. The quantitative estimate of drug-likeness (QED) is 0.167. The van der Waals surface area contributed by atoms with Crippen molar-refractivity contribution in [2.45, 2.75) is 31.1 Å². The fourth-order valence-corrected chi connectivity index (χ4v) is 4.89. The van der Waals surface area contributed by atoms with E-state index in [2.05, 4.69) is 14.7 Å². The van der Waals surface area contributed by atoms with Crippen molar-refractivity contribution in [2.24, 2.45) is 0 Å². The van der Waals surface area contributed by atoms with Crippen molar-refractivity contribution in [1.82, 2.24) is 9.97 Å². The van der Waals surface area contributed by atoms with E-state index in [1.807, 2.05) is 44.2 Å². The molecule has 2 heterocycles. The highest BCUT2D eigenvalue weighted by Gasteiger charge is 2.49. The summed E-state index contributed by atoms with van der Waals surface area (Å²) < 4.78 is 93.7. The van der Waals surface area contributed by atoms with E-state index in [1.165, 1.54) is 6.26 Å². The molecular weight excluding hydrogens is 578 g/mol. The first kappa shape index (κ1) is 29.9. The lowest BCUT2D eigenvalue weighted by Crippen LogP contribution is -2.34. The van der Waals surface area contributed by atoms with Gasteiger partial charge in [0.2, 0.25) is 0 Å². The van der Waals surface area contributed by atoms with Gasteiger partial charge in [-0.2, -0.15) is 26.3 Å². The number of pyridine rings is 1. The molecule has 0 radical (unpaired) electrons. The van der Waals surface area contributed by atoms with Crippen molar-refractivity contribution < 1.29 is 49.1 Å². The molecule has 208 valence electrons. The van der Waals surface area contributed by atoms with Gasteiger partial charge in [0.1, 0.15) is 0 Å². The molecule has 0 aliphatic heterocycles. The number of benzene rings is 2. The number of hydrogen-bond donors (Lipinski definition) is 1.